The summed E-state index contributed by atoms with van der Waals surface area (Å²) in [6.45, 7) is 6.11. The molecule has 6 nitrogen and oxygen atoms in total. The average molecular weight is 485 g/mol. The van der Waals surface area contributed by atoms with Gasteiger partial charge < -0.3 is 9.80 Å². The molecule has 5 rings (SSSR count). The van der Waals surface area contributed by atoms with Crippen molar-refractivity contribution in [3.8, 4) is 0 Å². The summed E-state index contributed by atoms with van der Waals surface area (Å²) in [5.41, 5.74) is 1.96. The zero-order valence-corrected chi connectivity index (χ0v) is 20.4. The number of halogens is 1. The van der Waals surface area contributed by atoms with Crippen LogP contribution in [0.3, 0.4) is 0 Å². The summed E-state index contributed by atoms with van der Waals surface area (Å²) in [5.74, 6) is 0.925. The van der Waals surface area contributed by atoms with E-state index in [0.717, 1.165) is 72.9 Å². The number of hydrogen-bond acceptors (Lipinski definition) is 5. The molecule has 174 valence electrons. The summed E-state index contributed by atoms with van der Waals surface area (Å²) >= 11 is 6.15. The van der Waals surface area contributed by atoms with Gasteiger partial charge in [-0.2, -0.15) is 4.31 Å². The van der Waals surface area contributed by atoms with Gasteiger partial charge in [-0.05, 0) is 68.3 Å². The van der Waals surface area contributed by atoms with Crippen molar-refractivity contribution < 1.29 is 8.42 Å². The number of hydrogen-bond donors (Lipinski definition) is 0. The van der Waals surface area contributed by atoms with Gasteiger partial charge in [-0.25, -0.2) is 13.4 Å². The number of anilines is 2. The Labute approximate surface area is 200 Å². The van der Waals surface area contributed by atoms with Gasteiger partial charge in [0.1, 0.15) is 5.82 Å². The third-order valence-electron chi connectivity index (χ3n) is 6.77. The first kappa shape index (κ1) is 22.4. The van der Waals surface area contributed by atoms with E-state index in [2.05, 4.69) is 15.9 Å². The van der Waals surface area contributed by atoms with Gasteiger partial charge in [0.25, 0.3) is 0 Å². The molecule has 2 saturated heterocycles. The molecular formula is C25H29ClN4O2S. The lowest BCUT2D eigenvalue weighted by molar-refractivity contribution is 0.268. The van der Waals surface area contributed by atoms with Crippen LogP contribution in [0.5, 0.6) is 0 Å². The molecule has 33 heavy (non-hydrogen) atoms. The highest BCUT2D eigenvalue weighted by atomic mass is 35.5. The molecule has 0 radical (unpaired) electrons. The van der Waals surface area contributed by atoms with Gasteiger partial charge in [-0.15, -0.1) is 0 Å². The number of piperazine rings is 1. The molecule has 0 saturated carbocycles. The van der Waals surface area contributed by atoms with Crippen LogP contribution in [0.25, 0.3) is 10.9 Å². The lowest BCUT2D eigenvalue weighted by Crippen LogP contribution is -2.46. The first-order chi connectivity index (χ1) is 15.9. The van der Waals surface area contributed by atoms with Crippen molar-refractivity contribution in [3.63, 3.8) is 0 Å². The van der Waals surface area contributed by atoms with Crippen molar-refractivity contribution in [2.45, 2.75) is 37.1 Å². The van der Waals surface area contributed by atoms with E-state index in [1.807, 2.05) is 43.3 Å². The fourth-order valence-electron chi connectivity index (χ4n) is 4.86. The van der Waals surface area contributed by atoms with E-state index < -0.39 is 10.0 Å². The zero-order chi connectivity index (χ0) is 23.0. The van der Waals surface area contributed by atoms with E-state index in [1.54, 1.807) is 16.4 Å². The molecule has 3 aromatic rings. The molecule has 2 aliphatic heterocycles. The second kappa shape index (κ2) is 9.12. The molecular weight excluding hydrogens is 456 g/mol. The van der Waals surface area contributed by atoms with Crippen molar-refractivity contribution in [1.29, 1.82) is 0 Å². The van der Waals surface area contributed by atoms with E-state index >= 15 is 0 Å². The maximum absolute atomic E-state index is 13.2. The Bertz CT molecular complexity index is 1260. The number of aromatic nitrogens is 1. The van der Waals surface area contributed by atoms with Crippen molar-refractivity contribution in [1.82, 2.24) is 9.29 Å². The average Bonchev–Trinajstić information content (AvgIpc) is 2.83. The van der Waals surface area contributed by atoms with Crippen LogP contribution >= 0.6 is 11.6 Å². The van der Waals surface area contributed by atoms with E-state index in [4.69, 9.17) is 16.6 Å². The number of piperidine rings is 1. The predicted octanol–water partition coefficient (Wildman–Crippen LogP) is 4.78. The molecule has 0 aliphatic carbocycles. The topological polar surface area (TPSA) is 56.8 Å². The first-order valence-corrected chi connectivity index (χ1v) is 13.4. The fourth-order valence-corrected chi connectivity index (χ4v) is 6.78. The van der Waals surface area contributed by atoms with Crippen LogP contribution in [0.2, 0.25) is 5.02 Å². The van der Waals surface area contributed by atoms with Crippen LogP contribution in [-0.4, -0.2) is 56.5 Å². The highest BCUT2D eigenvalue weighted by molar-refractivity contribution is 7.89. The number of sulfonamides is 1. The normalized spacial score (nSPS) is 20.4. The lowest BCUT2D eigenvalue weighted by atomic mass is 10.1. The number of pyridine rings is 1. The van der Waals surface area contributed by atoms with Gasteiger partial charge in [0.05, 0.1) is 10.4 Å². The third-order valence-corrected chi connectivity index (χ3v) is 9.02. The van der Waals surface area contributed by atoms with Gasteiger partial charge in [0.15, 0.2) is 0 Å². The summed E-state index contributed by atoms with van der Waals surface area (Å²) in [6, 6.07) is 17.3. The van der Waals surface area contributed by atoms with Crippen molar-refractivity contribution in [3.05, 3.63) is 59.6 Å². The molecule has 0 N–H and O–H groups in total. The summed E-state index contributed by atoms with van der Waals surface area (Å²) in [4.78, 5) is 9.81. The molecule has 0 amide bonds. The van der Waals surface area contributed by atoms with Crippen LogP contribution in [0.15, 0.2) is 59.5 Å². The number of nitrogens with zero attached hydrogens (tertiary/aromatic N) is 4. The lowest BCUT2D eigenvalue weighted by Gasteiger charge is -2.36. The molecule has 0 spiro atoms. The Morgan fingerprint density at radius 3 is 2.45 bits per heavy atom. The molecule has 2 aromatic carbocycles. The Morgan fingerprint density at radius 2 is 1.70 bits per heavy atom. The second-order valence-corrected chi connectivity index (χ2v) is 11.3. The Balaban J connectivity index is 1.32. The summed E-state index contributed by atoms with van der Waals surface area (Å²) in [6.07, 6.45) is 2.93. The van der Waals surface area contributed by atoms with E-state index in [9.17, 15) is 8.42 Å². The maximum Gasteiger partial charge on any atom is 0.243 e. The monoisotopic (exact) mass is 484 g/mol. The van der Waals surface area contributed by atoms with Gasteiger partial charge in [-0.3, -0.25) is 0 Å². The summed E-state index contributed by atoms with van der Waals surface area (Å²) in [7, 11) is -3.49. The van der Waals surface area contributed by atoms with Crippen molar-refractivity contribution >= 4 is 44.0 Å². The summed E-state index contributed by atoms with van der Waals surface area (Å²) in [5, 5.41) is 1.60. The van der Waals surface area contributed by atoms with E-state index in [0.29, 0.717) is 11.4 Å². The smallest absolute Gasteiger partial charge is 0.243 e. The number of benzene rings is 2. The second-order valence-electron chi connectivity index (χ2n) is 8.94. The van der Waals surface area contributed by atoms with Gasteiger partial charge >= 0.3 is 0 Å². The van der Waals surface area contributed by atoms with Gasteiger partial charge in [0.2, 0.25) is 10.0 Å². The standard InChI is InChI=1S/C25H29ClN4O2S/c1-19-5-2-3-12-30(19)33(31,32)23-9-10-24-20(17-23)8-11-25(27-24)29-15-13-28(14-16-29)22-7-4-6-21(26)18-22/h4,6-11,17-19H,2-3,5,12-16H2,1H3. The highest BCUT2D eigenvalue weighted by Gasteiger charge is 2.31. The van der Waals surface area contributed by atoms with Crippen molar-refractivity contribution in [2.75, 3.05) is 42.5 Å². The molecule has 1 atom stereocenters. The minimum atomic E-state index is -3.49. The Morgan fingerprint density at radius 1 is 0.909 bits per heavy atom. The van der Waals surface area contributed by atoms with Crippen LogP contribution in [0, 0.1) is 0 Å². The third kappa shape index (κ3) is 4.54. The zero-order valence-electron chi connectivity index (χ0n) is 18.8. The SMILES string of the molecule is CC1CCCCN1S(=O)(=O)c1ccc2nc(N3CCN(c4cccc(Cl)c4)CC3)ccc2c1. The number of rotatable bonds is 4. The summed E-state index contributed by atoms with van der Waals surface area (Å²) < 4.78 is 28.1. The largest absolute Gasteiger partial charge is 0.368 e. The van der Waals surface area contributed by atoms with Crippen LogP contribution in [-0.2, 0) is 10.0 Å². The highest BCUT2D eigenvalue weighted by Crippen LogP contribution is 2.28. The Kier molecular flexibility index (Phi) is 6.20. The van der Waals surface area contributed by atoms with Crippen molar-refractivity contribution in [2.24, 2.45) is 0 Å². The van der Waals surface area contributed by atoms with Crippen LogP contribution in [0.4, 0.5) is 11.5 Å². The number of fused-ring (bicyclic) bond motifs is 1. The molecule has 2 fully saturated rings. The van der Waals surface area contributed by atoms with Crippen LogP contribution in [0.1, 0.15) is 26.2 Å². The minimum absolute atomic E-state index is 0.0468. The fraction of sp³-hybridized carbons (Fsp3) is 0.400. The predicted molar refractivity (Wildman–Crippen MR) is 135 cm³/mol. The molecule has 8 heteroatoms. The molecule has 2 aliphatic rings. The van der Waals surface area contributed by atoms with E-state index in [1.165, 1.54) is 0 Å². The molecule has 0 bridgehead atoms. The van der Waals surface area contributed by atoms with Gasteiger partial charge in [-0.1, -0.05) is 24.1 Å². The van der Waals surface area contributed by atoms with Crippen LogP contribution < -0.4 is 9.80 Å². The quantitative estimate of drug-likeness (QED) is 0.533. The maximum atomic E-state index is 13.2. The molecule has 1 unspecified atom stereocenters. The van der Waals surface area contributed by atoms with Gasteiger partial charge in [0, 0.05) is 54.9 Å². The van der Waals surface area contributed by atoms with E-state index in [-0.39, 0.29) is 6.04 Å². The Hall–Kier alpha value is -2.35. The first-order valence-electron chi connectivity index (χ1n) is 11.6. The molecule has 3 heterocycles. The minimum Gasteiger partial charge on any atom is -0.368 e. The molecule has 1 aromatic heterocycles.